The SMILES string of the molecule is COc1ccc(NC(=O)CN(C)CC2(Cc3nn[nH]n3)CC2)cc1. The number of anilines is 1. The van der Waals surface area contributed by atoms with Crippen molar-refractivity contribution in [3.05, 3.63) is 30.1 Å². The quantitative estimate of drug-likeness (QED) is 0.752. The van der Waals surface area contributed by atoms with Crippen molar-refractivity contribution in [1.82, 2.24) is 25.5 Å². The Morgan fingerprint density at radius 3 is 2.71 bits per heavy atom. The van der Waals surface area contributed by atoms with E-state index in [-0.39, 0.29) is 11.3 Å². The minimum absolute atomic E-state index is 0.0296. The zero-order valence-electron chi connectivity index (χ0n) is 14.0. The Morgan fingerprint density at radius 2 is 2.12 bits per heavy atom. The third-order valence-electron chi connectivity index (χ3n) is 4.27. The van der Waals surface area contributed by atoms with Gasteiger partial charge in [-0.3, -0.25) is 9.69 Å². The van der Waals surface area contributed by atoms with Gasteiger partial charge in [0.15, 0.2) is 5.82 Å². The molecule has 0 radical (unpaired) electrons. The first-order chi connectivity index (χ1) is 11.6. The first-order valence-corrected chi connectivity index (χ1v) is 7.93. The first kappa shape index (κ1) is 16.4. The second-order valence-corrected chi connectivity index (χ2v) is 6.45. The van der Waals surface area contributed by atoms with E-state index in [0.717, 1.165) is 43.1 Å². The van der Waals surface area contributed by atoms with Crippen molar-refractivity contribution >= 4 is 11.6 Å². The van der Waals surface area contributed by atoms with Crippen LogP contribution in [-0.2, 0) is 11.2 Å². The highest BCUT2D eigenvalue weighted by molar-refractivity contribution is 5.92. The number of aromatic amines is 1. The summed E-state index contributed by atoms with van der Waals surface area (Å²) in [6.45, 7) is 1.19. The van der Waals surface area contributed by atoms with Gasteiger partial charge in [-0.25, -0.2) is 0 Å². The summed E-state index contributed by atoms with van der Waals surface area (Å²) < 4.78 is 5.11. The van der Waals surface area contributed by atoms with E-state index in [1.54, 1.807) is 7.11 Å². The van der Waals surface area contributed by atoms with Crippen molar-refractivity contribution in [2.45, 2.75) is 19.3 Å². The zero-order valence-corrected chi connectivity index (χ0v) is 14.0. The van der Waals surface area contributed by atoms with Crippen LogP contribution < -0.4 is 10.1 Å². The number of methoxy groups -OCH3 is 1. The van der Waals surface area contributed by atoms with Crippen LogP contribution in [0.25, 0.3) is 0 Å². The average molecular weight is 330 g/mol. The van der Waals surface area contributed by atoms with Crippen LogP contribution in [0.1, 0.15) is 18.7 Å². The van der Waals surface area contributed by atoms with Gasteiger partial charge in [0, 0.05) is 18.7 Å². The van der Waals surface area contributed by atoms with Crippen LogP contribution in [0.5, 0.6) is 5.75 Å². The highest BCUT2D eigenvalue weighted by Crippen LogP contribution is 2.48. The van der Waals surface area contributed by atoms with Crippen molar-refractivity contribution in [3.63, 3.8) is 0 Å². The van der Waals surface area contributed by atoms with E-state index >= 15 is 0 Å². The molecule has 0 bridgehead atoms. The van der Waals surface area contributed by atoms with Gasteiger partial charge in [-0.05, 0) is 49.6 Å². The third-order valence-corrected chi connectivity index (χ3v) is 4.27. The van der Waals surface area contributed by atoms with Gasteiger partial charge in [0.2, 0.25) is 5.91 Å². The lowest BCUT2D eigenvalue weighted by Crippen LogP contribution is -2.35. The minimum Gasteiger partial charge on any atom is -0.497 e. The van der Waals surface area contributed by atoms with E-state index in [9.17, 15) is 4.79 Å². The molecular formula is C16H22N6O2. The van der Waals surface area contributed by atoms with Gasteiger partial charge < -0.3 is 10.1 Å². The third kappa shape index (κ3) is 4.29. The number of likely N-dealkylation sites (N-methyl/N-ethyl adjacent to an activating group) is 1. The van der Waals surface area contributed by atoms with Crippen molar-refractivity contribution < 1.29 is 9.53 Å². The smallest absolute Gasteiger partial charge is 0.238 e. The summed E-state index contributed by atoms with van der Waals surface area (Å²) in [6.07, 6.45) is 3.06. The molecule has 1 fully saturated rings. The second-order valence-electron chi connectivity index (χ2n) is 6.45. The number of amides is 1. The number of nitrogens with one attached hydrogen (secondary N) is 2. The number of nitrogens with zero attached hydrogens (tertiary/aromatic N) is 4. The molecule has 1 saturated carbocycles. The monoisotopic (exact) mass is 330 g/mol. The summed E-state index contributed by atoms with van der Waals surface area (Å²) in [5.74, 6) is 1.48. The van der Waals surface area contributed by atoms with Gasteiger partial charge in [0.25, 0.3) is 0 Å². The number of benzene rings is 1. The average Bonchev–Trinajstić information content (AvgIpc) is 3.09. The Labute approximate surface area is 140 Å². The number of hydrogen-bond acceptors (Lipinski definition) is 6. The fourth-order valence-corrected chi connectivity index (χ4v) is 2.91. The van der Waals surface area contributed by atoms with Crippen molar-refractivity contribution in [1.29, 1.82) is 0 Å². The zero-order chi connectivity index (χ0) is 17.0. The van der Waals surface area contributed by atoms with Gasteiger partial charge in [0.05, 0.1) is 13.7 Å². The Hall–Kier alpha value is -2.48. The number of aromatic nitrogens is 4. The first-order valence-electron chi connectivity index (χ1n) is 7.93. The van der Waals surface area contributed by atoms with Gasteiger partial charge in [-0.2, -0.15) is 5.21 Å². The lowest BCUT2D eigenvalue weighted by molar-refractivity contribution is -0.117. The van der Waals surface area contributed by atoms with Crippen molar-refractivity contribution in [2.75, 3.05) is 32.6 Å². The molecule has 0 unspecified atom stereocenters. The molecule has 2 aromatic rings. The van der Waals surface area contributed by atoms with E-state index in [2.05, 4.69) is 25.9 Å². The lowest BCUT2D eigenvalue weighted by atomic mass is 10.0. The van der Waals surface area contributed by atoms with Crippen LogP contribution in [0.2, 0.25) is 0 Å². The number of carbonyl (C=O) groups excluding carboxylic acids is 1. The standard InChI is InChI=1S/C16H22N6O2/c1-22(11-16(7-8-16)9-14-18-20-21-19-14)10-15(23)17-12-3-5-13(24-2)6-4-12/h3-6H,7-11H2,1-2H3,(H,17,23)(H,18,19,20,21). The van der Waals surface area contributed by atoms with E-state index in [1.165, 1.54) is 0 Å². The van der Waals surface area contributed by atoms with Crippen molar-refractivity contribution in [2.24, 2.45) is 5.41 Å². The normalized spacial score (nSPS) is 15.3. The summed E-state index contributed by atoms with van der Waals surface area (Å²) in [5.41, 5.74) is 0.945. The maximum absolute atomic E-state index is 12.2. The molecule has 1 aromatic carbocycles. The molecule has 1 amide bonds. The molecule has 1 heterocycles. The molecule has 8 heteroatoms. The Bertz CT molecular complexity index is 666. The summed E-state index contributed by atoms with van der Waals surface area (Å²) >= 11 is 0. The van der Waals surface area contributed by atoms with Gasteiger partial charge in [-0.1, -0.05) is 5.21 Å². The van der Waals surface area contributed by atoms with E-state index in [4.69, 9.17) is 4.74 Å². The maximum atomic E-state index is 12.2. The fraction of sp³-hybridized carbons (Fsp3) is 0.500. The molecule has 0 atom stereocenters. The summed E-state index contributed by atoms with van der Waals surface area (Å²) in [5, 5.41) is 17.0. The highest BCUT2D eigenvalue weighted by Gasteiger charge is 2.44. The predicted molar refractivity (Wildman–Crippen MR) is 88.7 cm³/mol. The molecule has 128 valence electrons. The molecule has 0 aliphatic heterocycles. The van der Waals surface area contributed by atoms with Crippen LogP contribution in [-0.4, -0.2) is 58.7 Å². The number of carbonyl (C=O) groups is 1. The minimum atomic E-state index is -0.0296. The van der Waals surface area contributed by atoms with Gasteiger partial charge in [0.1, 0.15) is 5.75 Å². The predicted octanol–water partition coefficient (Wildman–Crippen LogP) is 1.10. The van der Waals surface area contributed by atoms with Crippen LogP contribution >= 0.6 is 0 Å². The molecule has 1 aliphatic rings. The van der Waals surface area contributed by atoms with E-state index < -0.39 is 0 Å². The Morgan fingerprint density at radius 1 is 1.38 bits per heavy atom. The number of rotatable bonds is 8. The molecule has 8 nitrogen and oxygen atoms in total. The van der Waals surface area contributed by atoms with Crippen LogP contribution in [0.4, 0.5) is 5.69 Å². The van der Waals surface area contributed by atoms with Crippen molar-refractivity contribution in [3.8, 4) is 5.75 Å². The fourth-order valence-electron chi connectivity index (χ4n) is 2.91. The molecule has 1 aliphatic carbocycles. The van der Waals surface area contributed by atoms with Gasteiger partial charge >= 0.3 is 0 Å². The molecule has 0 spiro atoms. The molecular weight excluding hydrogens is 308 g/mol. The molecule has 3 rings (SSSR count). The van der Waals surface area contributed by atoms with E-state index in [1.807, 2.05) is 36.2 Å². The summed E-state index contributed by atoms with van der Waals surface area (Å²) in [7, 11) is 3.58. The van der Waals surface area contributed by atoms with Gasteiger partial charge in [-0.15, -0.1) is 10.2 Å². The number of H-pyrrole nitrogens is 1. The van der Waals surface area contributed by atoms with Crippen LogP contribution in [0, 0.1) is 5.41 Å². The number of ether oxygens (including phenoxy) is 1. The summed E-state index contributed by atoms with van der Waals surface area (Å²) in [4.78, 5) is 14.2. The van der Waals surface area contributed by atoms with Crippen LogP contribution in [0.15, 0.2) is 24.3 Å². The molecule has 2 N–H and O–H groups in total. The van der Waals surface area contributed by atoms with E-state index in [0.29, 0.717) is 6.54 Å². The summed E-state index contributed by atoms with van der Waals surface area (Å²) in [6, 6.07) is 7.30. The number of tetrazole rings is 1. The highest BCUT2D eigenvalue weighted by atomic mass is 16.5. The second kappa shape index (κ2) is 6.96. The molecule has 24 heavy (non-hydrogen) atoms. The Kier molecular flexibility index (Phi) is 4.75. The molecule has 1 aromatic heterocycles. The molecule has 0 saturated heterocycles. The lowest BCUT2D eigenvalue weighted by Gasteiger charge is -2.22. The largest absolute Gasteiger partial charge is 0.497 e. The Balaban J connectivity index is 1.47. The maximum Gasteiger partial charge on any atom is 0.238 e. The number of hydrogen-bond donors (Lipinski definition) is 2. The van der Waals surface area contributed by atoms with Crippen LogP contribution in [0.3, 0.4) is 0 Å². The topological polar surface area (TPSA) is 96.0 Å².